The second kappa shape index (κ2) is 6.53. The first-order chi connectivity index (χ1) is 11.5. The zero-order chi connectivity index (χ0) is 17.1. The zero-order valence-corrected chi connectivity index (χ0v) is 13.6. The number of aryl methyl sites for hydroxylation is 2. The molecule has 3 aromatic rings. The van der Waals surface area contributed by atoms with Crippen LogP contribution in [-0.2, 0) is 11.8 Å². The Bertz CT molecular complexity index is 855. The maximum absolute atomic E-state index is 12.1. The summed E-state index contributed by atoms with van der Waals surface area (Å²) in [5.74, 6) is 0.833. The zero-order valence-electron chi connectivity index (χ0n) is 13.6. The molecule has 0 radical (unpaired) electrons. The summed E-state index contributed by atoms with van der Waals surface area (Å²) in [7, 11) is 1.83. The number of carbonyl (C=O) groups excluding carboxylic acids is 1. The number of anilines is 1. The van der Waals surface area contributed by atoms with Crippen molar-refractivity contribution in [3.63, 3.8) is 0 Å². The van der Waals surface area contributed by atoms with Crippen molar-refractivity contribution in [1.82, 2.24) is 19.9 Å². The minimum Gasteiger partial charge on any atom is -0.480 e. The monoisotopic (exact) mass is 327 g/mol. The van der Waals surface area contributed by atoms with Gasteiger partial charge in [-0.25, -0.2) is 0 Å². The predicted molar refractivity (Wildman–Crippen MR) is 86.5 cm³/mol. The number of hydrogen-bond acceptors (Lipinski definition) is 6. The Morgan fingerprint density at radius 1 is 1.38 bits per heavy atom. The lowest BCUT2D eigenvalue weighted by atomic mass is 10.2. The quantitative estimate of drug-likeness (QED) is 0.771. The van der Waals surface area contributed by atoms with Crippen molar-refractivity contribution in [2.45, 2.75) is 13.8 Å². The Kier molecular flexibility index (Phi) is 4.28. The molecule has 0 fully saturated rings. The van der Waals surface area contributed by atoms with Gasteiger partial charge in [-0.3, -0.25) is 9.48 Å². The molecular formula is C16H17N5O3. The van der Waals surface area contributed by atoms with Gasteiger partial charge in [-0.15, -0.1) is 0 Å². The van der Waals surface area contributed by atoms with Crippen LogP contribution in [0.1, 0.15) is 11.4 Å². The molecule has 124 valence electrons. The number of nitrogens with zero attached hydrogens (tertiary/aromatic N) is 4. The minimum atomic E-state index is -0.261. The molecule has 8 heteroatoms. The summed E-state index contributed by atoms with van der Waals surface area (Å²) in [6.07, 6.45) is 1.26. The average Bonchev–Trinajstić information content (AvgIpc) is 3.16. The Balaban J connectivity index is 1.64. The SMILES string of the molecule is Cc1nn(C)c(C)c1OCC(=O)Nc1cccc(-c2ncon2)c1. The minimum absolute atomic E-state index is 0.0974. The van der Waals surface area contributed by atoms with Gasteiger partial charge in [0.2, 0.25) is 12.2 Å². The van der Waals surface area contributed by atoms with Gasteiger partial charge >= 0.3 is 0 Å². The van der Waals surface area contributed by atoms with Crippen LogP contribution in [0.25, 0.3) is 11.4 Å². The van der Waals surface area contributed by atoms with Gasteiger partial charge in [0.15, 0.2) is 12.4 Å². The number of nitrogens with one attached hydrogen (secondary N) is 1. The smallest absolute Gasteiger partial charge is 0.262 e. The first-order valence-corrected chi connectivity index (χ1v) is 7.34. The normalized spacial score (nSPS) is 10.6. The van der Waals surface area contributed by atoms with E-state index < -0.39 is 0 Å². The molecule has 0 saturated carbocycles. The number of rotatable bonds is 5. The molecule has 1 N–H and O–H groups in total. The van der Waals surface area contributed by atoms with E-state index in [4.69, 9.17) is 9.26 Å². The number of benzene rings is 1. The lowest BCUT2D eigenvalue weighted by Gasteiger charge is -2.08. The summed E-state index contributed by atoms with van der Waals surface area (Å²) in [6.45, 7) is 3.63. The fraction of sp³-hybridized carbons (Fsp3) is 0.250. The summed E-state index contributed by atoms with van der Waals surface area (Å²) < 4.78 is 12.0. The molecule has 1 amide bonds. The highest BCUT2D eigenvalue weighted by Crippen LogP contribution is 2.22. The lowest BCUT2D eigenvalue weighted by Crippen LogP contribution is -2.20. The Hall–Kier alpha value is -3.16. The van der Waals surface area contributed by atoms with Crippen molar-refractivity contribution in [2.24, 2.45) is 7.05 Å². The molecule has 24 heavy (non-hydrogen) atoms. The second-order valence-corrected chi connectivity index (χ2v) is 5.30. The molecule has 8 nitrogen and oxygen atoms in total. The van der Waals surface area contributed by atoms with Crippen molar-refractivity contribution in [1.29, 1.82) is 0 Å². The summed E-state index contributed by atoms with van der Waals surface area (Å²) in [5.41, 5.74) is 3.01. The van der Waals surface area contributed by atoms with Crippen molar-refractivity contribution < 1.29 is 14.1 Å². The number of carbonyl (C=O) groups is 1. The molecule has 0 atom stereocenters. The van der Waals surface area contributed by atoms with Gasteiger partial charge in [0, 0.05) is 18.3 Å². The number of ether oxygens (including phenoxy) is 1. The van der Waals surface area contributed by atoms with Gasteiger partial charge in [0.25, 0.3) is 5.91 Å². The molecule has 0 saturated heterocycles. The van der Waals surface area contributed by atoms with E-state index in [-0.39, 0.29) is 12.5 Å². The third kappa shape index (κ3) is 3.27. The number of hydrogen-bond donors (Lipinski definition) is 1. The Morgan fingerprint density at radius 2 is 2.21 bits per heavy atom. The topological polar surface area (TPSA) is 95.1 Å². The van der Waals surface area contributed by atoms with Gasteiger partial charge in [0.1, 0.15) is 5.69 Å². The molecule has 0 aliphatic carbocycles. The molecule has 3 rings (SSSR count). The molecule has 0 spiro atoms. The number of amides is 1. The van der Waals surface area contributed by atoms with E-state index in [1.165, 1.54) is 6.39 Å². The van der Waals surface area contributed by atoms with Crippen LogP contribution in [0.4, 0.5) is 5.69 Å². The predicted octanol–water partition coefficient (Wildman–Crippen LogP) is 2.10. The van der Waals surface area contributed by atoms with Crippen LogP contribution in [0.5, 0.6) is 5.75 Å². The highest BCUT2D eigenvalue weighted by molar-refractivity contribution is 5.92. The Morgan fingerprint density at radius 3 is 2.88 bits per heavy atom. The van der Waals surface area contributed by atoms with Gasteiger partial charge in [0.05, 0.1) is 5.69 Å². The lowest BCUT2D eigenvalue weighted by molar-refractivity contribution is -0.118. The standard InChI is InChI=1S/C16H17N5O3/c1-10-15(11(2)21(3)19-10)23-8-14(22)18-13-6-4-5-12(7-13)16-17-9-24-20-16/h4-7,9H,8H2,1-3H3,(H,18,22). The fourth-order valence-corrected chi connectivity index (χ4v) is 2.33. The molecule has 0 bridgehead atoms. The van der Waals surface area contributed by atoms with Crippen molar-refractivity contribution >= 4 is 11.6 Å². The van der Waals surface area contributed by atoms with E-state index in [2.05, 4.69) is 20.6 Å². The Labute approximate surface area is 138 Å². The van der Waals surface area contributed by atoms with Crippen LogP contribution < -0.4 is 10.1 Å². The van der Waals surface area contributed by atoms with E-state index in [0.717, 1.165) is 17.0 Å². The van der Waals surface area contributed by atoms with Crippen LogP contribution in [-0.4, -0.2) is 32.4 Å². The molecule has 2 heterocycles. The van der Waals surface area contributed by atoms with Gasteiger partial charge in [-0.1, -0.05) is 17.3 Å². The van der Waals surface area contributed by atoms with Crippen molar-refractivity contribution in [3.8, 4) is 17.1 Å². The van der Waals surface area contributed by atoms with E-state index >= 15 is 0 Å². The van der Waals surface area contributed by atoms with E-state index in [9.17, 15) is 4.79 Å². The van der Waals surface area contributed by atoms with Gasteiger partial charge < -0.3 is 14.6 Å². The van der Waals surface area contributed by atoms with E-state index in [1.54, 1.807) is 22.9 Å². The summed E-state index contributed by atoms with van der Waals surface area (Å²) in [6, 6.07) is 7.18. The van der Waals surface area contributed by atoms with Crippen LogP contribution in [0.2, 0.25) is 0 Å². The molecule has 0 aliphatic heterocycles. The van der Waals surface area contributed by atoms with Crippen LogP contribution in [0.3, 0.4) is 0 Å². The molecule has 0 aliphatic rings. The van der Waals surface area contributed by atoms with Crippen LogP contribution >= 0.6 is 0 Å². The maximum Gasteiger partial charge on any atom is 0.262 e. The van der Waals surface area contributed by atoms with Gasteiger partial charge in [-0.2, -0.15) is 10.1 Å². The summed E-state index contributed by atoms with van der Waals surface area (Å²) in [4.78, 5) is 16.1. The highest BCUT2D eigenvalue weighted by Gasteiger charge is 2.13. The van der Waals surface area contributed by atoms with E-state index in [1.807, 2.05) is 27.0 Å². The van der Waals surface area contributed by atoms with Gasteiger partial charge in [-0.05, 0) is 26.0 Å². The largest absolute Gasteiger partial charge is 0.480 e. The van der Waals surface area contributed by atoms with Crippen LogP contribution in [0.15, 0.2) is 35.2 Å². The molecule has 0 unspecified atom stereocenters. The molecular weight excluding hydrogens is 310 g/mol. The third-order valence-electron chi connectivity index (χ3n) is 3.56. The average molecular weight is 327 g/mol. The second-order valence-electron chi connectivity index (χ2n) is 5.30. The highest BCUT2D eigenvalue weighted by atomic mass is 16.5. The van der Waals surface area contributed by atoms with Crippen LogP contribution in [0, 0.1) is 13.8 Å². The first-order valence-electron chi connectivity index (χ1n) is 7.34. The number of aromatic nitrogens is 4. The summed E-state index contributed by atoms with van der Waals surface area (Å²) >= 11 is 0. The molecule has 2 aromatic heterocycles. The molecule has 1 aromatic carbocycles. The first kappa shape index (κ1) is 15.7. The maximum atomic E-state index is 12.1. The summed E-state index contributed by atoms with van der Waals surface area (Å²) in [5, 5.41) is 10.8. The third-order valence-corrected chi connectivity index (χ3v) is 3.56. The fourth-order valence-electron chi connectivity index (χ4n) is 2.33. The van der Waals surface area contributed by atoms with E-state index in [0.29, 0.717) is 17.3 Å². The van der Waals surface area contributed by atoms with Crippen molar-refractivity contribution in [2.75, 3.05) is 11.9 Å². The van der Waals surface area contributed by atoms with Crippen molar-refractivity contribution in [3.05, 3.63) is 42.0 Å².